The van der Waals surface area contributed by atoms with Gasteiger partial charge in [-0.2, -0.15) is 0 Å². The molecule has 2 nitrogen and oxygen atoms in total. The molecule has 1 fully saturated rings. The molecule has 0 amide bonds. The first-order chi connectivity index (χ1) is 7.16. The summed E-state index contributed by atoms with van der Waals surface area (Å²) in [7, 11) is 0. The summed E-state index contributed by atoms with van der Waals surface area (Å²) in [6.45, 7) is 2.06. The molecule has 0 saturated heterocycles. The van der Waals surface area contributed by atoms with Crippen LogP contribution in [0.1, 0.15) is 24.0 Å². The van der Waals surface area contributed by atoms with E-state index < -0.39 is 5.97 Å². The van der Waals surface area contributed by atoms with Gasteiger partial charge in [0.1, 0.15) is 0 Å². The molecule has 0 bridgehead atoms. The monoisotopic (exact) mass is 204 g/mol. The van der Waals surface area contributed by atoms with Gasteiger partial charge >= 0.3 is 5.97 Å². The van der Waals surface area contributed by atoms with Crippen LogP contribution in [-0.4, -0.2) is 11.1 Å². The Morgan fingerprint density at radius 1 is 1.33 bits per heavy atom. The molecule has 80 valence electrons. The van der Waals surface area contributed by atoms with Gasteiger partial charge in [0.05, 0.1) is 5.92 Å². The standard InChI is InChI=1S/C13H16O2/c1-9-2-4-10(5-3-9)8-11-6-7-12(11)13(14)15/h2-5,11-12H,6-8H2,1H3,(H,14,15). The Labute approximate surface area is 89.9 Å². The topological polar surface area (TPSA) is 37.3 Å². The van der Waals surface area contributed by atoms with Gasteiger partial charge in [-0.05, 0) is 37.7 Å². The first kappa shape index (κ1) is 10.2. The molecule has 2 atom stereocenters. The molecule has 2 heteroatoms. The summed E-state index contributed by atoms with van der Waals surface area (Å²) >= 11 is 0. The smallest absolute Gasteiger partial charge is 0.306 e. The van der Waals surface area contributed by atoms with E-state index in [0.717, 1.165) is 19.3 Å². The number of hydrogen-bond acceptors (Lipinski definition) is 1. The molecular weight excluding hydrogens is 188 g/mol. The van der Waals surface area contributed by atoms with Crippen LogP contribution in [0.3, 0.4) is 0 Å². The molecule has 1 N–H and O–H groups in total. The summed E-state index contributed by atoms with van der Waals surface area (Å²) in [5, 5.41) is 8.93. The third-order valence-corrected chi connectivity index (χ3v) is 3.35. The van der Waals surface area contributed by atoms with Crippen molar-refractivity contribution in [2.75, 3.05) is 0 Å². The van der Waals surface area contributed by atoms with Gasteiger partial charge in [0.2, 0.25) is 0 Å². The number of carboxylic acids is 1. The van der Waals surface area contributed by atoms with Crippen molar-refractivity contribution in [2.24, 2.45) is 11.8 Å². The van der Waals surface area contributed by atoms with Crippen LogP contribution in [0.2, 0.25) is 0 Å². The molecule has 1 aliphatic carbocycles. The first-order valence-corrected chi connectivity index (χ1v) is 5.45. The van der Waals surface area contributed by atoms with Gasteiger partial charge in [0.25, 0.3) is 0 Å². The highest BCUT2D eigenvalue weighted by Gasteiger charge is 2.36. The molecule has 0 aliphatic heterocycles. The van der Waals surface area contributed by atoms with Crippen molar-refractivity contribution in [1.82, 2.24) is 0 Å². The summed E-state index contributed by atoms with van der Waals surface area (Å²) in [5.41, 5.74) is 2.51. The van der Waals surface area contributed by atoms with E-state index in [9.17, 15) is 4.79 Å². The van der Waals surface area contributed by atoms with Crippen LogP contribution in [0.5, 0.6) is 0 Å². The maximum Gasteiger partial charge on any atom is 0.306 e. The normalized spacial score (nSPS) is 24.6. The van der Waals surface area contributed by atoms with Gasteiger partial charge in [0.15, 0.2) is 0 Å². The molecule has 1 aromatic carbocycles. The molecule has 2 rings (SSSR count). The van der Waals surface area contributed by atoms with E-state index >= 15 is 0 Å². The van der Waals surface area contributed by atoms with Crippen LogP contribution in [0.15, 0.2) is 24.3 Å². The Bertz CT molecular complexity index is 353. The highest BCUT2D eigenvalue weighted by atomic mass is 16.4. The van der Waals surface area contributed by atoms with E-state index in [1.165, 1.54) is 11.1 Å². The molecule has 1 aromatic rings. The molecule has 1 aliphatic rings. The third kappa shape index (κ3) is 2.20. The number of hydrogen-bond donors (Lipinski definition) is 1. The lowest BCUT2D eigenvalue weighted by Crippen LogP contribution is -2.34. The van der Waals surface area contributed by atoms with E-state index in [4.69, 9.17) is 5.11 Å². The van der Waals surface area contributed by atoms with E-state index in [2.05, 4.69) is 31.2 Å². The molecule has 0 heterocycles. The second-order valence-corrected chi connectivity index (χ2v) is 4.47. The average molecular weight is 204 g/mol. The summed E-state index contributed by atoms with van der Waals surface area (Å²) in [4.78, 5) is 10.8. The lowest BCUT2D eigenvalue weighted by molar-refractivity contribution is -0.147. The maximum absolute atomic E-state index is 10.8. The zero-order chi connectivity index (χ0) is 10.8. The summed E-state index contributed by atoms with van der Waals surface area (Å²) in [6.07, 6.45) is 2.83. The molecular formula is C13H16O2. The number of aryl methyl sites for hydroxylation is 1. The van der Waals surface area contributed by atoms with Crippen LogP contribution in [0, 0.1) is 18.8 Å². The van der Waals surface area contributed by atoms with Gasteiger partial charge in [-0.1, -0.05) is 29.8 Å². The Hall–Kier alpha value is -1.31. The molecule has 2 unspecified atom stereocenters. The van der Waals surface area contributed by atoms with Crippen molar-refractivity contribution in [3.63, 3.8) is 0 Å². The molecule has 0 spiro atoms. The second kappa shape index (κ2) is 4.05. The Kier molecular flexibility index (Phi) is 2.76. The predicted octanol–water partition coefficient (Wildman–Crippen LogP) is 2.65. The van der Waals surface area contributed by atoms with E-state index in [1.807, 2.05) is 0 Å². The van der Waals surface area contributed by atoms with E-state index in [1.54, 1.807) is 0 Å². The zero-order valence-corrected chi connectivity index (χ0v) is 8.94. The first-order valence-electron chi connectivity index (χ1n) is 5.45. The van der Waals surface area contributed by atoms with Crippen molar-refractivity contribution < 1.29 is 9.90 Å². The van der Waals surface area contributed by atoms with Crippen molar-refractivity contribution in [3.8, 4) is 0 Å². The molecule has 15 heavy (non-hydrogen) atoms. The van der Waals surface area contributed by atoms with E-state index in [0.29, 0.717) is 5.92 Å². The number of aliphatic carboxylic acids is 1. The summed E-state index contributed by atoms with van der Waals surface area (Å²) in [5.74, 6) is -0.380. The Morgan fingerprint density at radius 2 is 2.00 bits per heavy atom. The fourth-order valence-electron chi connectivity index (χ4n) is 2.17. The van der Waals surface area contributed by atoms with E-state index in [-0.39, 0.29) is 5.92 Å². The van der Waals surface area contributed by atoms with Crippen LogP contribution in [0.4, 0.5) is 0 Å². The largest absolute Gasteiger partial charge is 0.481 e. The minimum Gasteiger partial charge on any atom is -0.481 e. The quantitative estimate of drug-likeness (QED) is 0.821. The SMILES string of the molecule is Cc1ccc(CC2CCC2C(=O)O)cc1. The van der Waals surface area contributed by atoms with Crippen molar-refractivity contribution in [1.29, 1.82) is 0 Å². The summed E-state index contributed by atoms with van der Waals surface area (Å²) in [6, 6.07) is 8.38. The average Bonchev–Trinajstić information content (AvgIpc) is 2.14. The molecule has 1 saturated carbocycles. The predicted molar refractivity (Wildman–Crippen MR) is 58.7 cm³/mol. The fourth-order valence-corrected chi connectivity index (χ4v) is 2.17. The van der Waals surface area contributed by atoms with Gasteiger partial charge in [-0.25, -0.2) is 0 Å². The highest BCUT2D eigenvalue weighted by molar-refractivity contribution is 5.71. The number of carboxylic acid groups (broad SMARTS) is 1. The van der Waals surface area contributed by atoms with Gasteiger partial charge < -0.3 is 5.11 Å². The van der Waals surface area contributed by atoms with Gasteiger partial charge in [0, 0.05) is 0 Å². The van der Waals surface area contributed by atoms with Crippen molar-refractivity contribution in [2.45, 2.75) is 26.2 Å². The van der Waals surface area contributed by atoms with Crippen LogP contribution >= 0.6 is 0 Å². The second-order valence-electron chi connectivity index (χ2n) is 4.47. The van der Waals surface area contributed by atoms with Crippen LogP contribution in [-0.2, 0) is 11.2 Å². The maximum atomic E-state index is 10.8. The Morgan fingerprint density at radius 3 is 2.47 bits per heavy atom. The van der Waals surface area contributed by atoms with Crippen LogP contribution < -0.4 is 0 Å². The Balaban J connectivity index is 1.97. The highest BCUT2D eigenvalue weighted by Crippen LogP contribution is 2.36. The molecule has 0 radical (unpaired) electrons. The van der Waals surface area contributed by atoms with Gasteiger partial charge in [-0.3, -0.25) is 4.79 Å². The minimum absolute atomic E-state index is 0.105. The minimum atomic E-state index is -0.627. The number of carbonyl (C=O) groups is 1. The summed E-state index contributed by atoms with van der Waals surface area (Å²) < 4.78 is 0. The lowest BCUT2D eigenvalue weighted by atomic mass is 9.71. The lowest BCUT2D eigenvalue weighted by Gasteiger charge is -2.33. The third-order valence-electron chi connectivity index (χ3n) is 3.35. The number of benzene rings is 1. The van der Waals surface area contributed by atoms with Crippen molar-refractivity contribution in [3.05, 3.63) is 35.4 Å². The molecule has 0 aromatic heterocycles. The fraction of sp³-hybridized carbons (Fsp3) is 0.462. The number of rotatable bonds is 3. The van der Waals surface area contributed by atoms with Crippen LogP contribution in [0.25, 0.3) is 0 Å². The zero-order valence-electron chi connectivity index (χ0n) is 8.94. The van der Waals surface area contributed by atoms with Gasteiger partial charge in [-0.15, -0.1) is 0 Å². The van der Waals surface area contributed by atoms with Crippen molar-refractivity contribution >= 4 is 5.97 Å².